The van der Waals surface area contributed by atoms with Crippen molar-refractivity contribution in [1.29, 1.82) is 0 Å². The van der Waals surface area contributed by atoms with Crippen LogP contribution in [0.15, 0.2) is 18.2 Å². The molecule has 2 N–H and O–H groups in total. The van der Waals surface area contributed by atoms with Crippen molar-refractivity contribution in [1.82, 2.24) is 0 Å². The molecule has 0 radical (unpaired) electrons. The van der Waals surface area contributed by atoms with Gasteiger partial charge in [0.25, 0.3) is 0 Å². The van der Waals surface area contributed by atoms with E-state index < -0.39 is 17.2 Å². The van der Waals surface area contributed by atoms with Crippen molar-refractivity contribution >= 4 is 0 Å². The molecule has 0 aliphatic rings. The molecule has 0 spiro atoms. The van der Waals surface area contributed by atoms with E-state index in [1.54, 1.807) is 13.8 Å². The zero-order chi connectivity index (χ0) is 10.1. The molecule has 0 bridgehead atoms. The van der Waals surface area contributed by atoms with Crippen molar-refractivity contribution in [3.05, 3.63) is 35.4 Å². The van der Waals surface area contributed by atoms with Gasteiger partial charge in [0.1, 0.15) is 11.6 Å². The number of hydrogen-bond acceptors (Lipinski definition) is 1. The zero-order valence-corrected chi connectivity index (χ0v) is 7.77. The third-order valence-electron chi connectivity index (χ3n) is 1.66. The summed E-state index contributed by atoms with van der Waals surface area (Å²) in [6.45, 7) is 3.60. The molecule has 1 aromatic rings. The highest BCUT2D eigenvalue weighted by Crippen LogP contribution is 2.14. The molecule has 0 aliphatic heterocycles. The van der Waals surface area contributed by atoms with Gasteiger partial charge in [0.15, 0.2) is 0 Å². The Kier molecular flexibility index (Phi) is 2.66. The first kappa shape index (κ1) is 10.1. The van der Waals surface area contributed by atoms with E-state index in [0.717, 1.165) is 6.07 Å². The fourth-order valence-electron chi connectivity index (χ4n) is 1.16. The summed E-state index contributed by atoms with van der Waals surface area (Å²) >= 11 is 0. The Bertz CT molecular complexity index is 302. The van der Waals surface area contributed by atoms with Gasteiger partial charge in [-0.3, -0.25) is 0 Å². The molecule has 0 aromatic heterocycles. The van der Waals surface area contributed by atoms with Crippen molar-refractivity contribution in [3.63, 3.8) is 0 Å². The SMILES string of the molecule is CC(C)(N)Cc1ccc(F)cc1F. The normalized spacial score (nSPS) is 11.8. The van der Waals surface area contributed by atoms with E-state index in [2.05, 4.69) is 0 Å². The molecule has 0 amide bonds. The van der Waals surface area contributed by atoms with Crippen molar-refractivity contribution in [2.45, 2.75) is 25.8 Å². The van der Waals surface area contributed by atoms with Gasteiger partial charge in [0.2, 0.25) is 0 Å². The van der Waals surface area contributed by atoms with E-state index in [4.69, 9.17) is 5.73 Å². The molecule has 13 heavy (non-hydrogen) atoms. The van der Waals surface area contributed by atoms with E-state index in [0.29, 0.717) is 12.0 Å². The summed E-state index contributed by atoms with van der Waals surface area (Å²) in [5.74, 6) is -1.09. The second kappa shape index (κ2) is 3.42. The van der Waals surface area contributed by atoms with Crippen molar-refractivity contribution < 1.29 is 8.78 Å². The summed E-state index contributed by atoms with van der Waals surface area (Å²) < 4.78 is 25.6. The molecule has 1 aromatic carbocycles. The Morgan fingerprint density at radius 3 is 2.38 bits per heavy atom. The highest BCUT2D eigenvalue weighted by atomic mass is 19.1. The van der Waals surface area contributed by atoms with Gasteiger partial charge in [-0.2, -0.15) is 0 Å². The van der Waals surface area contributed by atoms with Crippen LogP contribution >= 0.6 is 0 Å². The minimum Gasteiger partial charge on any atom is -0.325 e. The molecular weight excluding hydrogens is 172 g/mol. The molecule has 0 aliphatic carbocycles. The number of rotatable bonds is 2. The lowest BCUT2D eigenvalue weighted by Crippen LogP contribution is -2.34. The van der Waals surface area contributed by atoms with Gasteiger partial charge in [0.05, 0.1) is 0 Å². The van der Waals surface area contributed by atoms with Gasteiger partial charge in [-0.15, -0.1) is 0 Å². The maximum absolute atomic E-state index is 13.1. The van der Waals surface area contributed by atoms with E-state index >= 15 is 0 Å². The topological polar surface area (TPSA) is 26.0 Å². The van der Waals surface area contributed by atoms with Crippen LogP contribution in [0.25, 0.3) is 0 Å². The molecule has 72 valence electrons. The van der Waals surface area contributed by atoms with Crippen molar-refractivity contribution in [2.75, 3.05) is 0 Å². The largest absolute Gasteiger partial charge is 0.325 e. The lowest BCUT2D eigenvalue weighted by atomic mass is 9.96. The standard InChI is InChI=1S/C10H13F2N/c1-10(2,13)6-7-3-4-8(11)5-9(7)12/h3-5H,6,13H2,1-2H3. The van der Waals surface area contributed by atoms with E-state index in [1.807, 2.05) is 0 Å². The Labute approximate surface area is 76.6 Å². The fourth-order valence-corrected chi connectivity index (χ4v) is 1.16. The first-order chi connectivity index (χ1) is 5.88. The van der Waals surface area contributed by atoms with Gasteiger partial charge < -0.3 is 5.73 Å². The first-order valence-corrected chi connectivity index (χ1v) is 4.11. The summed E-state index contributed by atoms with van der Waals surface area (Å²) in [6, 6.07) is 3.55. The molecule has 0 saturated heterocycles. The Morgan fingerprint density at radius 1 is 1.31 bits per heavy atom. The van der Waals surface area contributed by atoms with Gasteiger partial charge in [-0.25, -0.2) is 8.78 Å². The van der Waals surface area contributed by atoms with Crippen LogP contribution in [-0.2, 0) is 6.42 Å². The van der Waals surface area contributed by atoms with Crippen LogP contribution < -0.4 is 5.73 Å². The predicted octanol–water partition coefficient (Wildman–Crippen LogP) is 2.24. The van der Waals surface area contributed by atoms with Gasteiger partial charge in [-0.1, -0.05) is 6.07 Å². The quantitative estimate of drug-likeness (QED) is 0.751. The summed E-state index contributed by atoms with van der Waals surface area (Å²) in [5, 5.41) is 0. The number of nitrogens with two attached hydrogens (primary N) is 1. The Balaban J connectivity index is 2.90. The average molecular weight is 185 g/mol. The molecule has 0 saturated carbocycles. The van der Waals surface area contributed by atoms with Crippen LogP contribution in [0.3, 0.4) is 0 Å². The van der Waals surface area contributed by atoms with Crippen molar-refractivity contribution in [2.24, 2.45) is 5.73 Å². The molecule has 0 heterocycles. The minimum atomic E-state index is -0.559. The second-order valence-corrected chi connectivity index (χ2v) is 3.90. The highest BCUT2D eigenvalue weighted by Gasteiger charge is 2.14. The Morgan fingerprint density at radius 2 is 1.92 bits per heavy atom. The summed E-state index contributed by atoms with van der Waals surface area (Å²) in [7, 11) is 0. The zero-order valence-electron chi connectivity index (χ0n) is 7.77. The molecule has 0 unspecified atom stereocenters. The van der Waals surface area contributed by atoms with E-state index in [1.165, 1.54) is 12.1 Å². The maximum atomic E-state index is 13.1. The second-order valence-electron chi connectivity index (χ2n) is 3.90. The lowest BCUT2D eigenvalue weighted by molar-refractivity contribution is 0.493. The number of benzene rings is 1. The number of hydrogen-bond donors (Lipinski definition) is 1. The molecule has 3 heteroatoms. The van der Waals surface area contributed by atoms with Gasteiger partial charge >= 0.3 is 0 Å². The number of halogens is 2. The maximum Gasteiger partial charge on any atom is 0.129 e. The summed E-state index contributed by atoms with van der Waals surface area (Å²) in [6.07, 6.45) is 0.402. The van der Waals surface area contributed by atoms with Crippen LogP contribution in [0.2, 0.25) is 0 Å². The van der Waals surface area contributed by atoms with Crippen LogP contribution in [0.4, 0.5) is 8.78 Å². The van der Waals surface area contributed by atoms with E-state index in [9.17, 15) is 8.78 Å². The third-order valence-corrected chi connectivity index (χ3v) is 1.66. The fraction of sp³-hybridized carbons (Fsp3) is 0.400. The summed E-state index contributed by atoms with van der Waals surface area (Å²) in [5.41, 5.74) is 5.69. The molecular formula is C10H13F2N. The smallest absolute Gasteiger partial charge is 0.129 e. The minimum absolute atomic E-state index is 0.402. The molecule has 0 fully saturated rings. The molecule has 1 nitrogen and oxygen atoms in total. The third kappa shape index (κ3) is 3.11. The molecule has 1 rings (SSSR count). The van der Waals surface area contributed by atoms with Gasteiger partial charge in [-0.05, 0) is 31.9 Å². The van der Waals surface area contributed by atoms with Crippen molar-refractivity contribution in [3.8, 4) is 0 Å². The van der Waals surface area contributed by atoms with Crippen LogP contribution in [0.1, 0.15) is 19.4 Å². The summed E-state index contributed by atoms with van der Waals surface area (Å²) in [4.78, 5) is 0. The van der Waals surface area contributed by atoms with Crippen LogP contribution in [0, 0.1) is 11.6 Å². The highest BCUT2D eigenvalue weighted by molar-refractivity contribution is 5.20. The van der Waals surface area contributed by atoms with Crippen LogP contribution in [-0.4, -0.2) is 5.54 Å². The average Bonchev–Trinajstić information content (AvgIpc) is 1.93. The first-order valence-electron chi connectivity index (χ1n) is 4.11. The molecule has 0 atom stereocenters. The van der Waals surface area contributed by atoms with E-state index in [-0.39, 0.29) is 0 Å². The Hall–Kier alpha value is -0.960. The monoisotopic (exact) mass is 185 g/mol. The van der Waals surface area contributed by atoms with Crippen LogP contribution in [0.5, 0.6) is 0 Å². The predicted molar refractivity (Wildman–Crippen MR) is 48.3 cm³/mol. The lowest BCUT2D eigenvalue weighted by Gasteiger charge is -2.18. The van der Waals surface area contributed by atoms with Gasteiger partial charge in [0, 0.05) is 11.6 Å².